The molecular formula is C11H11N3. The molecule has 1 aromatic carbocycles. The number of hydrogen-bond acceptors (Lipinski definition) is 2. The van der Waals surface area contributed by atoms with Crippen LogP contribution < -0.4 is 5.73 Å². The summed E-state index contributed by atoms with van der Waals surface area (Å²) in [6, 6.07) is 9.68. The van der Waals surface area contributed by atoms with E-state index in [2.05, 4.69) is 4.98 Å². The standard InChI is InChI=1S/C11H11N3/c1-7-6-10(11(12)13)14-9-5-3-2-4-8(7)9/h2-6H,1H3,(H3,12,13). The monoisotopic (exact) mass is 185 g/mol. The molecule has 2 aromatic rings. The quantitative estimate of drug-likeness (QED) is 0.526. The van der Waals surface area contributed by atoms with E-state index in [4.69, 9.17) is 11.1 Å². The van der Waals surface area contributed by atoms with Crippen LogP contribution in [0.1, 0.15) is 11.3 Å². The summed E-state index contributed by atoms with van der Waals surface area (Å²) in [5, 5.41) is 8.43. The molecule has 0 bridgehead atoms. The maximum atomic E-state index is 7.32. The lowest BCUT2D eigenvalue weighted by Gasteiger charge is -2.04. The predicted octanol–water partition coefficient (Wildman–Crippen LogP) is 1.83. The van der Waals surface area contributed by atoms with E-state index in [-0.39, 0.29) is 5.84 Å². The van der Waals surface area contributed by atoms with E-state index < -0.39 is 0 Å². The van der Waals surface area contributed by atoms with E-state index in [1.807, 2.05) is 37.3 Å². The molecular weight excluding hydrogens is 174 g/mol. The minimum atomic E-state index is 0.0128. The molecule has 0 radical (unpaired) electrons. The third kappa shape index (κ3) is 1.33. The van der Waals surface area contributed by atoms with Crippen molar-refractivity contribution in [2.75, 3.05) is 0 Å². The molecule has 14 heavy (non-hydrogen) atoms. The average molecular weight is 185 g/mol. The molecule has 3 heteroatoms. The molecule has 0 spiro atoms. The predicted molar refractivity (Wildman–Crippen MR) is 57.5 cm³/mol. The number of benzene rings is 1. The van der Waals surface area contributed by atoms with Gasteiger partial charge in [0.2, 0.25) is 0 Å². The third-order valence-corrected chi connectivity index (χ3v) is 2.20. The Morgan fingerprint density at radius 3 is 2.79 bits per heavy atom. The van der Waals surface area contributed by atoms with Gasteiger partial charge in [-0.2, -0.15) is 0 Å². The Morgan fingerprint density at radius 1 is 1.36 bits per heavy atom. The van der Waals surface area contributed by atoms with Gasteiger partial charge in [-0.3, -0.25) is 5.41 Å². The zero-order valence-corrected chi connectivity index (χ0v) is 7.91. The molecule has 70 valence electrons. The van der Waals surface area contributed by atoms with Crippen LogP contribution in [0.5, 0.6) is 0 Å². The highest BCUT2D eigenvalue weighted by molar-refractivity contribution is 5.96. The molecule has 0 unspecified atom stereocenters. The van der Waals surface area contributed by atoms with Gasteiger partial charge in [0, 0.05) is 5.39 Å². The highest BCUT2D eigenvalue weighted by Crippen LogP contribution is 2.16. The second-order valence-corrected chi connectivity index (χ2v) is 3.26. The van der Waals surface area contributed by atoms with Crippen LogP contribution in [0.3, 0.4) is 0 Å². The minimum Gasteiger partial charge on any atom is -0.382 e. The van der Waals surface area contributed by atoms with Crippen molar-refractivity contribution in [3.05, 3.63) is 41.6 Å². The van der Waals surface area contributed by atoms with E-state index >= 15 is 0 Å². The summed E-state index contributed by atoms with van der Waals surface area (Å²) in [6.45, 7) is 2.00. The van der Waals surface area contributed by atoms with Crippen LogP contribution in [-0.4, -0.2) is 10.8 Å². The number of amidine groups is 1. The average Bonchev–Trinajstić information content (AvgIpc) is 2.17. The summed E-state index contributed by atoms with van der Waals surface area (Å²) in [5.41, 5.74) is 7.92. The number of aryl methyl sites for hydroxylation is 1. The lowest BCUT2D eigenvalue weighted by Crippen LogP contribution is -2.13. The molecule has 3 N–H and O–H groups in total. The normalized spacial score (nSPS) is 10.4. The second-order valence-electron chi connectivity index (χ2n) is 3.26. The van der Waals surface area contributed by atoms with Crippen molar-refractivity contribution >= 4 is 16.7 Å². The van der Waals surface area contributed by atoms with Crippen molar-refractivity contribution in [1.82, 2.24) is 4.98 Å². The maximum Gasteiger partial charge on any atom is 0.141 e. The number of nitrogen functional groups attached to an aromatic ring is 1. The van der Waals surface area contributed by atoms with Gasteiger partial charge in [0.1, 0.15) is 11.5 Å². The fourth-order valence-corrected chi connectivity index (χ4v) is 1.49. The summed E-state index contributed by atoms with van der Waals surface area (Å²) in [5.74, 6) is 0.0128. The number of fused-ring (bicyclic) bond motifs is 1. The number of aromatic nitrogens is 1. The zero-order chi connectivity index (χ0) is 10.1. The minimum absolute atomic E-state index is 0.0128. The number of pyridine rings is 1. The first-order valence-electron chi connectivity index (χ1n) is 4.39. The molecule has 0 aliphatic rings. The number of para-hydroxylation sites is 1. The summed E-state index contributed by atoms with van der Waals surface area (Å²) in [6.07, 6.45) is 0. The van der Waals surface area contributed by atoms with Crippen LogP contribution in [0, 0.1) is 12.3 Å². The lowest BCUT2D eigenvalue weighted by molar-refractivity contribution is 1.29. The molecule has 0 aliphatic carbocycles. The lowest BCUT2D eigenvalue weighted by atomic mass is 10.1. The SMILES string of the molecule is Cc1cc(C(=N)N)nc2ccccc12. The topological polar surface area (TPSA) is 62.8 Å². The van der Waals surface area contributed by atoms with Crippen LogP contribution in [0.25, 0.3) is 10.9 Å². The maximum absolute atomic E-state index is 7.32. The van der Waals surface area contributed by atoms with Gasteiger partial charge in [-0.1, -0.05) is 18.2 Å². The van der Waals surface area contributed by atoms with Crippen molar-refractivity contribution in [2.24, 2.45) is 5.73 Å². The van der Waals surface area contributed by atoms with Crippen molar-refractivity contribution in [3.8, 4) is 0 Å². The van der Waals surface area contributed by atoms with Gasteiger partial charge < -0.3 is 5.73 Å². The molecule has 0 aliphatic heterocycles. The Labute approximate surface area is 82.1 Å². The van der Waals surface area contributed by atoms with Crippen LogP contribution in [0.15, 0.2) is 30.3 Å². The Balaban J connectivity index is 2.78. The van der Waals surface area contributed by atoms with Crippen LogP contribution in [-0.2, 0) is 0 Å². The molecule has 0 amide bonds. The largest absolute Gasteiger partial charge is 0.382 e. The van der Waals surface area contributed by atoms with Gasteiger partial charge in [0.05, 0.1) is 5.52 Å². The first-order chi connectivity index (χ1) is 6.68. The first kappa shape index (κ1) is 8.69. The van der Waals surface area contributed by atoms with E-state index in [9.17, 15) is 0 Å². The van der Waals surface area contributed by atoms with E-state index in [1.165, 1.54) is 0 Å². The highest BCUT2D eigenvalue weighted by atomic mass is 14.8. The number of rotatable bonds is 1. The van der Waals surface area contributed by atoms with Crippen molar-refractivity contribution in [2.45, 2.75) is 6.92 Å². The summed E-state index contributed by atoms with van der Waals surface area (Å²) < 4.78 is 0. The molecule has 2 rings (SSSR count). The van der Waals surface area contributed by atoms with Crippen molar-refractivity contribution in [3.63, 3.8) is 0 Å². The van der Waals surface area contributed by atoms with E-state index in [0.29, 0.717) is 5.69 Å². The third-order valence-electron chi connectivity index (χ3n) is 2.20. The number of nitrogens with zero attached hydrogens (tertiary/aromatic N) is 1. The molecule has 0 saturated carbocycles. The van der Waals surface area contributed by atoms with Gasteiger partial charge >= 0.3 is 0 Å². The van der Waals surface area contributed by atoms with E-state index in [0.717, 1.165) is 16.5 Å². The Bertz CT molecular complexity index is 503. The van der Waals surface area contributed by atoms with Crippen molar-refractivity contribution < 1.29 is 0 Å². The fourth-order valence-electron chi connectivity index (χ4n) is 1.49. The van der Waals surface area contributed by atoms with Gasteiger partial charge in [0.25, 0.3) is 0 Å². The zero-order valence-electron chi connectivity index (χ0n) is 7.91. The molecule has 3 nitrogen and oxygen atoms in total. The summed E-state index contributed by atoms with van der Waals surface area (Å²) in [4.78, 5) is 4.29. The van der Waals surface area contributed by atoms with E-state index in [1.54, 1.807) is 0 Å². The fraction of sp³-hybridized carbons (Fsp3) is 0.0909. The molecule has 1 heterocycles. The highest BCUT2D eigenvalue weighted by Gasteiger charge is 2.03. The van der Waals surface area contributed by atoms with Gasteiger partial charge in [-0.25, -0.2) is 4.98 Å². The van der Waals surface area contributed by atoms with Crippen LogP contribution in [0.2, 0.25) is 0 Å². The number of nitrogens with one attached hydrogen (secondary N) is 1. The second kappa shape index (κ2) is 3.10. The Hall–Kier alpha value is -1.90. The van der Waals surface area contributed by atoms with Gasteiger partial charge in [-0.05, 0) is 24.6 Å². The smallest absolute Gasteiger partial charge is 0.141 e. The van der Waals surface area contributed by atoms with Crippen LogP contribution >= 0.6 is 0 Å². The Morgan fingerprint density at radius 2 is 2.07 bits per heavy atom. The number of hydrogen-bond donors (Lipinski definition) is 2. The Kier molecular flexibility index (Phi) is 1.93. The van der Waals surface area contributed by atoms with Crippen molar-refractivity contribution in [1.29, 1.82) is 5.41 Å². The molecule has 0 saturated heterocycles. The summed E-state index contributed by atoms with van der Waals surface area (Å²) >= 11 is 0. The van der Waals surface area contributed by atoms with Crippen LogP contribution in [0.4, 0.5) is 0 Å². The first-order valence-corrected chi connectivity index (χ1v) is 4.39. The molecule has 1 aromatic heterocycles. The van der Waals surface area contributed by atoms with Gasteiger partial charge in [0.15, 0.2) is 0 Å². The number of nitrogens with two attached hydrogens (primary N) is 1. The van der Waals surface area contributed by atoms with Gasteiger partial charge in [-0.15, -0.1) is 0 Å². The summed E-state index contributed by atoms with van der Waals surface area (Å²) in [7, 11) is 0. The molecule has 0 fully saturated rings. The molecule has 0 atom stereocenters.